The highest BCUT2D eigenvalue weighted by Crippen LogP contribution is 2.29. The highest BCUT2D eigenvalue weighted by Gasteiger charge is 2.19. The molecule has 0 heterocycles. The van der Waals surface area contributed by atoms with Crippen LogP contribution in [0, 0.1) is 0 Å². The second-order valence-electron chi connectivity index (χ2n) is 5.21. The molecule has 0 aliphatic rings. The molecular formula is C16H24N2O7S. The smallest absolute Gasteiger partial charge is 0.328 e. The Kier molecular flexibility index (Phi) is 8.33. The van der Waals surface area contributed by atoms with E-state index < -0.39 is 27.9 Å². The summed E-state index contributed by atoms with van der Waals surface area (Å²) < 4.78 is 41.8. The number of ether oxygens (including phenoxy) is 3. The summed E-state index contributed by atoms with van der Waals surface area (Å²) in [5, 5.41) is 2.44. The number of esters is 1. The third-order valence-corrected chi connectivity index (χ3v) is 4.79. The number of sulfonamides is 1. The van der Waals surface area contributed by atoms with Gasteiger partial charge in [0.25, 0.3) is 0 Å². The number of carbonyl (C=O) groups is 2. The Hall–Kier alpha value is -2.33. The van der Waals surface area contributed by atoms with Crippen molar-refractivity contribution in [1.29, 1.82) is 0 Å². The number of hydrogen-bond acceptors (Lipinski definition) is 7. The van der Waals surface area contributed by atoms with Gasteiger partial charge in [-0.25, -0.2) is 17.9 Å². The Morgan fingerprint density at radius 1 is 1.15 bits per heavy atom. The standard InChI is InChI=1S/C16H24N2O7S/c1-5-25-16(20)11(2)18-15(19)8-9-17-26(21,22)12-6-7-13(23-3)14(10-12)24-4/h6-7,10-11,17H,5,8-9H2,1-4H3,(H,18,19). The predicted octanol–water partition coefficient (Wildman–Crippen LogP) is 0.440. The number of benzene rings is 1. The van der Waals surface area contributed by atoms with Crippen molar-refractivity contribution in [2.75, 3.05) is 27.4 Å². The quantitative estimate of drug-likeness (QED) is 0.558. The Balaban J connectivity index is 2.61. The van der Waals surface area contributed by atoms with Crippen LogP contribution in [0.5, 0.6) is 11.5 Å². The molecule has 1 atom stereocenters. The van der Waals surface area contributed by atoms with E-state index in [0.29, 0.717) is 5.75 Å². The van der Waals surface area contributed by atoms with Crippen molar-refractivity contribution in [1.82, 2.24) is 10.0 Å². The van der Waals surface area contributed by atoms with Gasteiger partial charge in [-0.2, -0.15) is 0 Å². The van der Waals surface area contributed by atoms with Crippen LogP contribution < -0.4 is 19.5 Å². The van der Waals surface area contributed by atoms with Gasteiger partial charge in [-0.05, 0) is 26.0 Å². The van der Waals surface area contributed by atoms with E-state index >= 15 is 0 Å². The molecule has 0 bridgehead atoms. The first kappa shape index (κ1) is 21.7. The number of rotatable bonds is 10. The maximum absolute atomic E-state index is 12.3. The van der Waals surface area contributed by atoms with Crippen molar-refractivity contribution in [2.24, 2.45) is 0 Å². The normalized spacial score (nSPS) is 12.2. The molecule has 1 aromatic rings. The van der Waals surface area contributed by atoms with E-state index in [-0.39, 0.29) is 30.2 Å². The zero-order chi connectivity index (χ0) is 19.7. The Morgan fingerprint density at radius 2 is 1.81 bits per heavy atom. The maximum atomic E-state index is 12.3. The van der Waals surface area contributed by atoms with E-state index in [0.717, 1.165) is 0 Å². The van der Waals surface area contributed by atoms with Crippen LogP contribution in [0.2, 0.25) is 0 Å². The largest absolute Gasteiger partial charge is 0.493 e. The number of hydrogen-bond donors (Lipinski definition) is 2. The van der Waals surface area contributed by atoms with Gasteiger partial charge in [0, 0.05) is 19.0 Å². The van der Waals surface area contributed by atoms with Crippen LogP contribution in [0.15, 0.2) is 23.1 Å². The molecule has 1 aromatic carbocycles. The molecule has 2 N–H and O–H groups in total. The molecule has 0 fully saturated rings. The maximum Gasteiger partial charge on any atom is 0.328 e. The van der Waals surface area contributed by atoms with Crippen LogP contribution in [-0.4, -0.2) is 53.7 Å². The van der Waals surface area contributed by atoms with E-state index in [1.807, 2.05) is 0 Å². The SMILES string of the molecule is CCOC(=O)C(C)NC(=O)CCNS(=O)(=O)c1ccc(OC)c(OC)c1. The van der Waals surface area contributed by atoms with Crippen LogP contribution in [0.1, 0.15) is 20.3 Å². The fourth-order valence-corrected chi connectivity index (χ4v) is 3.05. The molecule has 0 aromatic heterocycles. The summed E-state index contributed by atoms with van der Waals surface area (Å²) in [7, 11) is -0.980. The minimum absolute atomic E-state index is 0.0181. The molecule has 0 saturated carbocycles. The Bertz CT molecular complexity index is 734. The van der Waals surface area contributed by atoms with Crippen molar-refractivity contribution in [2.45, 2.75) is 31.2 Å². The zero-order valence-electron chi connectivity index (χ0n) is 15.2. The highest BCUT2D eigenvalue weighted by molar-refractivity contribution is 7.89. The lowest BCUT2D eigenvalue weighted by molar-refractivity contribution is -0.146. The molecule has 0 aliphatic heterocycles. The van der Waals surface area contributed by atoms with Crippen molar-refractivity contribution in [3.05, 3.63) is 18.2 Å². The molecule has 0 aliphatic carbocycles. The molecular weight excluding hydrogens is 364 g/mol. The highest BCUT2D eigenvalue weighted by atomic mass is 32.2. The summed E-state index contributed by atoms with van der Waals surface area (Å²) in [4.78, 5) is 23.2. The van der Waals surface area contributed by atoms with Gasteiger partial charge < -0.3 is 19.5 Å². The number of carbonyl (C=O) groups excluding carboxylic acids is 2. The molecule has 1 rings (SSSR count). The summed E-state index contributed by atoms with van der Waals surface area (Å²) in [6.07, 6.45) is -0.129. The molecule has 10 heteroatoms. The Labute approximate surface area is 153 Å². The summed E-state index contributed by atoms with van der Waals surface area (Å²) >= 11 is 0. The van der Waals surface area contributed by atoms with Gasteiger partial charge in [-0.3, -0.25) is 4.79 Å². The molecule has 0 saturated heterocycles. The van der Waals surface area contributed by atoms with Crippen molar-refractivity contribution >= 4 is 21.9 Å². The molecule has 1 amide bonds. The van der Waals surface area contributed by atoms with Crippen LogP contribution in [0.25, 0.3) is 0 Å². The lowest BCUT2D eigenvalue weighted by atomic mass is 10.3. The molecule has 9 nitrogen and oxygen atoms in total. The van der Waals surface area contributed by atoms with Gasteiger partial charge in [0.2, 0.25) is 15.9 Å². The first-order valence-corrected chi connectivity index (χ1v) is 9.41. The van der Waals surface area contributed by atoms with Gasteiger partial charge in [-0.1, -0.05) is 0 Å². The van der Waals surface area contributed by atoms with Gasteiger partial charge in [-0.15, -0.1) is 0 Å². The number of amides is 1. The zero-order valence-corrected chi connectivity index (χ0v) is 16.0. The molecule has 1 unspecified atom stereocenters. The number of methoxy groups -OCH3 is 2. The third kappa shape index (κ3) is 6.19. The minimum Gasteiger partial charge on any atom is -0.493 e. The minimum atomic E-state index is -3.82. The summed E-state index contributed by atoms with van der Waals surface area (Å²) in [6.45, 7) is 3.24. The van der Waals surface area contributed by atoms with E-state index in [2.05, 4.69) is 10.0 Å². The fourth-order valence-electron chi connectivity index (χ4n) is 2.01. The Morgan fingerprint density at radius 3 is 2.38 bits per heavy atom. The summed E-state index contributed by atoms with van der Waals surface area (Å²) in [5.74, 6) is -0.345. The topological polar surface area (TPSA) is 120 Å². The molecule has 0 radical (unpaired) electrons. The molecule has 0 spiro atoms. The van der Waals surface area contributed by atoms with E-state index in [1.165, 1.54) is 39.3 Å². The van der Waals surface area contributed by atoms with E-state index in [4.69, 9.17) is 14.2 Å². The van der Waals surface area contributed by atoms with Crippen molar-refractivity contribution < 1.29 is 32.2 Å². The van der Waals surface area contributed by atoms with Crippen LogP contribution in [-0.2, 0) is 24.3 Å². The lowest BCUT2D eigenvalue weighted by Crippen LogP contribution is -2.40. The average molecular weight is 388 g/mol. The monoisotopic (exact) mass is 388 g/mol. The fraction of sp³-hybridized carbons (Fsp3) is 0.500. The van der Waals surface area contributed by atoms with Crippen LogP contribution in [0.3, 0.4) is 0 Å². The lowest BCUT2D eigenvalue weighted by Gasteiger charge is -2.13. The molecule has 146 valence electrons. The number of nitrogens with one attached hydrogen (secondary N) is 2. The van der Waals surface area contributed by atoms with Gasteiger partial charge in [0.1, 0.15) is 6.04 Å². The summed E-state index contributed by atoms with van der Waals surface area (Å²) in [6, 6.07) is 3.36. The second kappa shape index (κ2) is 9.97. The molecule has 26 heavy (non-hydrogen) atoms. The third-order valence-electron chi connectivity index (χ3n) is 3.33. The van der Waals surface area contributed by atoms with E-state index in [9.17, 15) is 18.0 Å². The first-order valence-electron chi connectivity index (χ1n) is 7.92. The predicted molar refractivity (Wildman–Crippen MR) is 93.6 cm³/mol. The van der Waals surface area contributed by atoms with Crippen LogP contribution >= 0.6 is 0 Å². The second-order valence-corrected chi connectivity index (χ2v) is 6.97. The van der Waals surface area contributed by atoms with Crippen molar-refractivity contribution in [3.8, 4) is 11.5 Å². The van der Waals surface area contributed by atoms with Crippen LogP contribution in [0.4, 0.5) is 0 Å². The van der Waals surface area contributed by atoms with Gasteiger partial charge >= 0.3 is 5.97 Å². The van der Waals surface area contributed by atoms with Gasteiger partial charge in [0.15, 0.2) is 11.5 Å². The first-order chi connectivity index (χ1) is 12.2. The summed E-state index contributed by atoms with van der Waals surface area (Å²) in [5.41, 5.74) is 0. The van der Waals surface area contributed by atoms with E-state index in [1.54, 1.807) is 6.92 Å². The average Bonchev–Trinajstić information content (AvgIpc) is 2.60. The van der Waals surface area contributed by atoms with Crippen molar-refractivity contribution in [3.63, 3.8) is 0 Å². The van der Waals surface area contributed by atoms with Gasteiger partial charge in [0.05, 0.1) is 25.7 Å².